The van der Waals surface area contributed by atoms with Gasteiger partial charge in [-0.15, -0.1) is 0 Å². The lowest BCUT2D eigenvalue weighted by atomic mass is 9.91. The zero-order chi connectivity index (χ0) is 44.2. The Balaban J connectivity index is 0.000000162. The average molecular weight is 859 g/mol. The van der Waals surface area contributed by atoms with Crippen molar-refractivity contribution in [2.75, 3.05) is 14.2 Å². The molecule has 8 aromatic rings. The van der Waals surface area contributed by atoms with Crippen LogP contribution in [-0.2, 0) is 13.1 Å². The Kier molecular flexibility index (Phi) is 12.1. The average Bonchev–Trinajstić information content (AvgIpc) is 4.14. The van der Waals surface area contributed by atoms with E-state index in [1.807, 2.05) is 118 Å². The lowest BCUT2D eigenvalue weighted by Crippen LogP contribution is -2.18. The van der Waals surface area contributed by atoms with Gasteiger partial charge in [0.15, 0.2) is 11.6 Å². The Labute approximate surface area is 370 Å². The molecule has 0 aliphatic carbocycles. The number of aryl methyl sites for hydroxylation is 4. The number of methoxy groups -OCH3 is 2. The highest BCUT2D eigenvalue weighted by Crippen LogP contribution is 2.34. The first kappa shape index (κ1) is 41.9. The molecule has 0 saturated heterocycles. The first-order chi connectivity index (χ1) is 31.2. The molecule has 64 heavy (non-hydrogen) atoms. The van der Waals surface area contributed by atoms with Crippen molar-refractivity contribution in [3.63, 3.8) is 0 Å². The number of hydrogen-bond donors (Lipinski definition) is 0. The highest BCUT2D eigenvalue weighted by atomic mass is 19.1. The summed E-state index contributed by atoms with van der Waals surface area (Å²) in [6.45, 7) is 5.57. The van der Waals surface area contributed by atoms with Crippen molar-refractivity contribution in [1.29, 1.82) is 0 Å². The van der Waals surface area contributed by atoms with E-state index in [4.69, 9.17) is 19.4 Å². The van der Waals surface area contributed by atoms with Crippen LogP contribution >= 0.6 is 0 Å². The molecule has 2 aliphatic heterocycles. The normalized spacial score (nSPS) is 15.8. The molecule has 12 nitrogen and oxygen atoms in total. The number of halogens is 2. The molecule has 6 heterocycles. The molecule has 2 aliphatic rings. The number of hydrogen-bond acceptors (Lipinski definition) is 8. The van der Waals surface area contributed by atoms with Gasteiger partial charge in [0.1, 0.15) is 34.8 Å². The first-order valence-corrected chi connectivity index (χ1v) is 21.4. The molecule has 0 N–H and O–H groups in total. The summed E-state index contributed by atoms with van der Waals surface area (Å²) >= 11 is 0. The Morgan fingerprint density at radius 1 is 0.578 bits per heavy atom. The summed E-state index contributed by atoms with van der Waals surface area (Å²) in [5.41, 5.74) is 7.61. The SMILES string of the molecule is COc1cc(/C=C/c2nc3n(n2)CCC[C@@H]3c2cccc(F)c2)ccc1-n1cnc(C)c1.COc1cc(/C=C/c2nc3n(n2)CCC[C@H]3c2cccc(F)c2)ccc1-n1cnc(C)c1. The van der Waals surface area contributed by atoms with Crippen LogP contribution in [0.5, 0.6) is 11.5 Å². The third kappa shape index (κ3) is 9.17. The van der Waals surface area contributed by atoms with E-state index in [2.05, 4.69) is 20.2 Å². The predicted molar refractivity (Wildman–Crippen MR) is 243 cm³/mol. The minimum Gasteiger partial charge on any atom is -0.495 e. The van der Waals surface area contributed by atoms with Crippen molar-refractivity contribution < 1.29 is 18.3 Å². The van der Waals surface area contributed by atoms with Gasteiger partial charge in [-0.3, -0.25) is 0 Å². The topological polar surface area (TPSA) is 116 Å². The summed E-state index contributed by atoms with van der Waals surface area (Å²) in [6, 6.07) is 25.6. The second-order valence-electron chi connectivity index (χ2n) is 16.0. The summed E-state index contributed by atoms with van der Waals surface area (Å²) < 4.78 is 46.5. The standard InChI is InChI=1S/2C25H24FN5O/c2*1-17-15-30(16-27-17)22-10-8-18(13-23(22)32-2)9-11-24-28-25-21(7-4-12-31(25)29-24)19-5-3-6-20(26)14-19/h2*3,5-6,8-11,13-16,21H,4,7,12H2,1-2H3/b2*11-9+/t2*21-/m10/s1. The van der Waals surface area contributed by atoms with E-state index in [0.717, 1.165) is 107 Å². The molecular formula is C50H48F2N10O2. The maximum atomic E-state index is 13.7. The van der Waals surface area contributed by atoms with Crippen LogP contribution in [0.3, 0.4) is 0 Å². The molecular weight excluding hydrogens is 811 g/mol. The zero-order valence-corrected chi connectivity index (χ0v) is 36.1. The zero-order valence-electron chi connectivity index (χ0n) is 36.1. The maximum Gasteiger partial charge on any atom is 0.174 e. The number of aromatic nitrogens is 10. The van der Waals surface area contributed by atoms with Gasteiger partial charge in [0.25, 0.3) is 0 Å². The van der Waals surface area contributed by atoms with Crippen LogP contribution in [0.15, 0.2) is 110 Å². The molecule has 2 atom stereocenters. The van der Waals surface area contributed by atoms with Gasteiger partial charge < -0.3 is 18.6 Å². The molecule has 324 valence electrons. The van der Waals surface area contributed by atoms with E-state index in [0.29, 0.717) is 11.6 Å². The Bertz CT molecular complexity index is 2780. The van der Waals surface area contributed by atoms with Crippen molar-refractivity contribution in [3.8, 4) is 22.9 Å². The minimum atomic E-state index is -0.220. The molecule has 0 saturated carbocycles. The van der Waals surface area contributed by atoms with E-state index >= 15 is 0 Å². The number of fused-ring (bicyclic) bond motifs is 2. The van der Waals surface area contributed by atoms with Crippen molar-refractivity contribution in [2.24, 2.45) is 0 Å². The van der Waals surface area contributed by atoms with Crippen LogP contribution in [0.4, 0.5) is 8.78 Å². The van der Waals surface area contributed by atoms with Crippen LogP contribution < -0.4 is 9.47 Å². The van der Waals surface area contributed by atoms with Crippen LogP contribution in [0.2, 0.25) is 0 Å². The van der Waals surface area contributed by atoms with E-state index in [1.54, 1.807) is 51.1 Å². The van der Waals surface area contributed by atoms with E-state index in [1.165, 1.54) is 12.1 Å². The third-order valence-electron chi connectivity index (χ3n) is 11.5. The molecule has 0 spiro atoms. The molecule has 0 fully saturated rings. The molecule has 14 heteroatoms. The van der Waals surface area contributed by atoms with E-state index in [-0.39, 0.29) is 23.5 Å². The van der Waals surface area contributed by atoms with Gasteiger partial charge in [-0.2, -0.15) is 10.2 Å². The number of benzene rings is 4. The molecule has 0 unspecified atom stereocenters. The predicted octanol–water partition coefficient (Wildman–Crippen LogP) is 10.0. The monoisotopic (exact) mass is 858 g/mol. The Morgan fingerprint density at radius 2 is 1.03 bits per heavy atom. The summed E-state index contributed by atoms with van der Waals surface area (Å²) in [5.74, 6) is 4.29. The van der Waals surface area contributed by atoms with Crippen molar-refractivity contribution >= 4 is 24.3 Å². The summed E-state index contributed by atoms with van der Waals surface area (Å²) in [7, 11) is 3.32. The first-order valence-electron chi connectivity index (χ1n) is 21.4. The van der Waals surface area contributed by atoms with E-state index in [9.17, 15) is 8.78 Å². The van der Waals surface area contributed by atoms with Gasteiger partial charge in [0, 0.05) is 37.3 Å². The smallest absolute Gasteiger partial charge is 0.174 e. The summed E-state index contributed by atoms with van der Waals surface area (Å²) in [5, 5.41) is 9.31. The van der Waals surface area contributed by atoms with E-state index < -0.39 is 0 Å². The van der Waals surface area contributed by atoms with Crippen LogP contribution in [-0.4, -0.2) is 62.9 Å². The van der Waals surface area contributed by atoms with Gasteiger partial charge in [0.05, 0.1) is 49.6 Å². The van der Waals surface area contributed by atoms with Crippen LogP contribution in [0.1, 0.15) is 94.5 Å². The molecule has 4 aromatic heterocycles. The fourth-order valence-electron chi connectivity index (χ4n) is 8.43. The second kappa shape index (κ2) is 18.5. The Morgan fingerprint density at radius 3 is 1.42 bits per heavy atom. The van der Waals surface area contributed by atoms with Gasteiger partial charge >= 0.3 is 0 Å². The number of nitrogens with zero attached hydrogens (tertiary/aromatic N) is 10. The minimum absolute atomic E-state index is 0.0621. The van der Waals surface area contributed by atoms with Crippen molar-refractivity contribution in [1.82, 2.24) is 48.6 Å². The number of ether oxygens (including phenoxy) is 2. The largest absolute Gasteiger partial charge is 0.495 e. The molecule has 4 aromatic carbocycles. The molecule has 0 bridgehead atoms. The third-order valence-corrected chi connectivity index (χ3v) is 11.5. The van der Waals surface area contributed by atoms with Crippen LogP contribution in [0.25, 0.3) is 35.7 Å². The van der Waals surface area contributed by atoms with Gasteiger partial charge in [0.2, 0.25) is 0 Å². The van der Waals surface area contributed by atoms with Crippen molar-refractivity contribution in [2.45, 2.75) is 64.5 Å². The lowest BCUT2D eigenvalue weighted by molar-refractivity contribution is 0.412. The van der Waals surface area contributed by atoms with Gasteiger partial charge in [-0.05, 0) is 122 Å². The fourth-order valence-corrected chi connectivity index (χ4v) is 8.43. The lowest BCUT2D eigenvalue weighted by Gasteiger charge is -2.22. The number of imidazole rings is 2. The molecule has 0 radical (unpaired) electrons. The maximum absolute atomic E-state index is 13.7. The Hall–Kier alpha value is -7.48. The highest BCUT2D eigenvalue weighted by Gasteiger charge is 2.27. The molecule has 0 amide bonds. The summed E-state index contributed by atoms with van der Waals surface area (Å²) in [4.78, 5) is 18.1. The highest BCUT2D eigenvalue weighted by molar-refractivity contribution is 5.70. The molecule has 10 rings (SSSR count). The van der Waals surface area contributed by atoms with Gasteiger partial charge in [-0.25, -0.2) is 38.1 Å². The van der Waals surface area contributed by atoms with Crippen LogP contribution in [0, 0.1) is 25.5 Å². The fraction of sp³-hybridized carbons (Fsp3) is 0.240. The van der Waals surface area contributed by atoms with Crippen molar-refractivity contribution in [3.05, 3.63) is 179 Å². The summed E-state index contributed by atoms with van der Waals surface area (Å²) in [6.07, 6.45) is 19.1. The van der Waals surface area contributed by atoms with Gasteiger partial charge in [-0.1, -0.05) is 48.6 Å². The second-order valence-corrected chi connectivity index (χ2v) is 16.0. The number of rotatable bonds is 10. The quantitative estimate of drug-likeness (QED) is 0.134.